The van der Waals surface area contributed by atoms with Crippen LogP contribution in [0.5, 0.6) is 0 Å². The summed E-state index contributed by atoms with van der Waals surface area (Å²) < 4.78 is 0. The number of nitrogens with one attached hydrogen (secondary N) is 1. The van der Waals surface area contributed by atoms with E-state index in [2.05, 4.69) is 80.9 Å². The van der Waals surface area contributed by atoms with Crippen molar-refractivity contribution in [3.8, 4) is 0 Å². The van der Waals surface area contributed by atoms with Crippen LogP contribution in [0.1, 0.15) is 22.3 Å². The first-order valence-corrected chi connectivity index (χ1v) is 6.35. The summed E-state index contributed by atoms with van der Waals surface area (Å²) in [5, 5.41) is 3.26. The molecule has 1 N–H and O–H groups in total. The molecule has 0 atom stereocenters. The van der Waals surface area contributed by atoms with E-state index in [0.29, 0.717) is 0 Å². The zero-order valence-corrected chi connectivity index (χ0v) is 11.5. The third-order valence-electron chi connectivity index (χ3n) is 3.10. The Kier molecular flexibility index (Phi) is 3.86. The van der Waals surface area contributed by atoms with Crippen molar-refractivity contribution in [1.29, 1.82) is 0 Å². The van der Waals surface area contributed by atoms with Gasteiger partial charge in [-0.1, -0.05) is 72.8 Å². The molecular formula is C18H19N. The standard InChI is InChI=1S/C18H19N/c1-13-5-9-17(10-6-13)15(3)19-16(4)18-11-7-14(2)8-12-18/h5-12,19H,3-4H2,1-2H3. The molecule has 0 spiro atoms. The van der Waals surface area contributed by atoms with E-state index < -0.39 is 0 Å². The van der Waals surface area contributed by atoms with Crippen molar-refractivity contribution in [3.05, 3.63) is 83.9 Å². The summed E-state index contributed by atoms with van der Waals surface area (Å²) in [4.78, 5) is 0. The summed E-state index contributed by atoms with van der Waals surface area (Å²) in [6.07, 6.45) is 0. The molecule has 0 amide bonds. The van der Waals surface area contributed by atoms with Crippen LogP contribution >= 0.6 is 0 Å². The second-order valence-electron chi connectivity index (χ2n) is 4.81. The van der Waals surface area contributed by atoms with Gasteiger partial charge in [0.15, 0.2) is 0 Å². The smallest absolute Gasteiger partial charge is 0.0384 e. The predicted octanol–water partition coefficient (Wildman–Crippen LogP) is 4.53. The molecule has 0 unspecified atom stereocenters. The van der Waals surface area contributed by atoms with Crippen LogP contribution in [-0.4, -0.2) is 0 Å². The van der Waals surface area contributed by atoms with Crippen molar-refractivity contribution in [2.24, 2.45) is 0 Å². The maximum absolute atomic E-state index is 4.07. The molecule has 0 radical (unpaired) electrons. The van der Waals surface area contributed by atoms with E-state index >= 15 is 0 Å². The van der Waals surface area contributed by atoms with Gasteiger partial charge in [-0.25, -0.2) is 0 Å². The maximum atomic E-state index is 4.07. The molecule has 0 saturated heterocycles. The highest BCUT2D eigenvalue weighted by atomic mass is 14.9. The molecule has 0 aliphatic rings. The van der Waals surface area contributed by atoms with Crippen molar-refractivity contribution >= 4 is 11.4 Å². The van der Waals surface area contributed by atoms with Crippen molar-refractivity contribution in [1.82, 2.24) is 5.32 Å². The van der Waals surface area contributed by atoms with E-state index in [9.17, 15) is 0 Å². The van der Waals surface area contributed by atoms with Crippen LogP contribution in [0.15, 0.2) is 61.7 Å². The zero-order valence-electron chi connectivity index (χ0n) is 11.5. The Balaban J connectivity index is 2.08. The van der Waals surface area contributed by atoms with Gasteiger partial charge in [0.2, 0.25) is 0 Å². The Morgan fingerprint density at radius 3 is 1.32 bits per heavy atom. The Bertz CT molecular complexity index is 533. The number of benzene rings is 2. The number of hydrogen-bond acceptors (Lipinski definition) is 1. The lowest BCUT2D eigenvalue weighted by molar-refractivity contribution is 1.24. The minimum Gasteiger partial charge on any atom is -0.356 e. The molecule has 1 nitrogen and oxygen atoms in total. The minimum absolute atomic E-state index is 0.866. The van der Waals surface area contributed by atoms with Gasteiger partial charge < -0.3 is 5.32 Å². The average molecular weight is 249 g/mol. The fourth-order valence-corrected chi connectivity index (χ4v) is 1.84. The highest BCUT2D eigenvalue weighted by molar-refractivity contribution is 5.74. The van der Waals surface area contributed by atoms with Crippen LogP contribution in [0.4, 0.5) is 0 Å². The summed E-state index contributed by atoms with van der Waals surface area (Å²) in [6.45, 7) is 12.3. The first-order valence-electron chi connectivity index (χ1n) is 6.35. The van der Waals surface area contributed by atoms with Crippen molar-refractivity contribution in [2.75, 3.05) is 0 Å². The van der Waals surface area contributed by atoms with Gasteiger partial charge in [-0.2, -0.15) is 0 Å². The van der Waals surface area contributed by atoms with Crippen LogP contribution < -0.4 is 5.32 Å². The number of rotatable bonds is 4. The van der Waals surface area contributed by atoms with Gasteiger partial charge in [0.1, 0.15) is 0 Å². The van der Waals surface area contributed by atoms with E-state index in [4.69, 9.17) is 0 Å². The van der Waals surface area contributed by atoms with Crippen molar-refractivity contribution in [2.45, 2.75) is 13.8 Å². The molecule has 19 heavy (non-hydrogen) atoms. The SMILES string of the molecule is C=C(NC(=C)c1ccc(C)cc1)c1ccc(C)cc1. The van der Waals surface area contributed by atoms with E-state index in [1.807, 2.05) is 0 Å². The van der Waals surface area contributed by atoms with E-state index in [0.717, 1.165) is 22.5 Å². The maximum Gasteiger partial charge on any atom is 0.0384 e. The summed E-state index contributed by atoms with van der Waals surface area (Å²) in [5.74, 6) is 0. The first kappa shape index (κ1) is 13.2. The summed E-state index contributed by atoms with van der Waals surface area (Å²) in [7, 11) is 0. The van der Waals surface area contributed by atoms with Gasteiger partial charge in [0, 0.05) is 11.4 Å². The van der Waals surface area contributed by atoms with Crippen LogP contribution in [0.25, 0.3) is 11.4 Å². The van der Waals surface area contributed by atoms with Crippen LogP contribution in [-0.2, 0) is 0 Å². The molecule has 2 aromatic rings. The highest BCUT2D eigenvalue weighted by Crippen LogP contribution is 2.16. The molecule has 2 rings (SSSR count). The fourth-order valence-electron chi connectivity index (χ4n) is 1.84. The Hall–Kier alpha value is -2.28. The Labute approximate surface area is 115 Å². The summed E-state index contributed by atoms with van der Waals surface area (Å²) >= 11 is 0. The molecule has 0 aromatic heterocycles. The molecule has 0 saturated carbocycles. The van der Waals surface area contributed by atoms with Crippen molar-refractivity contribution in [3.63, 3.8) is 0 Å². The second-order valence-corrected chi connectivity index (χ2v) is 4.81. The van der Waals surface area contributed by atoms with Crippen LogP contribution in [0.3, 0.4) is 0 Å². The topological polar surface area (TPSA) is 12.0 Å². The van der Waals surface area contributed by atoms with Gasteiger partial charge in [0.05, 0.1) is 0 Å². The van der Waals surface area contributed by atoms with Gasteiger partial charge >= 0.3 is 0 Å². The minimum atomic E-state index is 0.866. The monoisotopic (exact) mass is 249 g/mol. The predicted molar refractivity (Wildman–Crippen MR) is 83.6 cm³/mol. The molecule has 0 aliphatic carbocycles. The largest absolute Gasteiger partial charge is 0.356 e. The molecule has 0 bridgehead atoms. The molecule has 0 aliphatic heterocycles. The van der Waals surface area contributed by atoms with Crippen molar-refractivity contribution < 1.29 is 0 Å². The van der Waals surface area contributed by atoms with Crippen LogP contribution in [0, 0.1) is 13.8 Å². The number of aryl methyl sites for hydroxylation is 2. The summed E-state index contributed by atoms with van der Waals surface area (Å²) in [5.41, 5.74) is 6.39. The quantitative estimate of drug-likeness (QED) is 0.839. The molecule has 0 fully saturated rings. The van der Waals surface area contributed by atoms with Gasteiger partial charge in [-0.3, -0.25) is 0 Å². The fraction of sp³-hybridized carbons (Fsp3) is 0.111. The Morgan fingerprint density at radius 2 is 1.00 bits per heavy atom. The molecule has 0 heterocycles. The van der Waals surface area contributed by atoms with E-state index in [-0.39, 0.29) is 0 Å². The van der Waals surface area contributed by atoms with Crippen LogP contribution in [0.2, 0.25) is 0 Å². The van der Waals surface area contributed by atoms with E-state index in [1.165, 1.54) is 11.1 Å². The molecule has 1 heteroatoms. The number of hydrogen-bond donors (Lipinski definition) is 1. The second kappa shape index (κ2) is 5.57. The summed E-state index contributed by atoms with van der Waals surface area (Å²) in [6, 6.07) is 16.6. The Morgan fingerprint density at radius 1 is 0.684 bits per heavy atom. The molecular weight excluding hydrogens is 230 g/mol. The van der Waals surface area contributed by atoms with Gasteiger partial charge in [-0.05, 0) is 25.0 Å². The molecule has 96 valence electrons. The highest BCUT2D eigenvalue weighted by Gasteiger charge is 2.02. The lowest BCUT2D eigenvalue weighted by atomic mass is 10.1. The van der Waals surface area contributed by atoms with Gasteiger partial charge in [0.25, 0.3) is 0 Å². The van der Waals surface area contributed by atoms with Gasteiger partial charge in [-0.15, -0.1) is 0 Å². The first-order chi connectivity index (χ1) is 9.06. The average Bonchev–Trinajstić information content (AvgIpc) is 2.40. The zero-order chi connectivity index (χ0) is 13.8. The lowest BCUT2D eigenvalue weighted by Crippen LogP contribution is -2.09. The molecule has 2 aromatic carbocycles. The third-order valence-corrected chi connectivity index (χ3v) is 3.10. The van der Waals surface area contributed by atoms with E-state index in [1.54, 1.807) is 0 Å². The third kappa shape index (κ3) is 3.35. The lowest BCUT2D eigenvalue weighted by Gasteiger charge is -2.13. The normalized spacial score (nSPS) is 10.0.